The van der Waals surface area contributed by atoms with Crippen LogP contribution in [-0.4, -0.2) is 41.2 Å². The first kappa shape index (κ1) is 18.6. The van der Waals surface area contributed by atoms with Gasteiger partial charge < -0.3 is 10.1 Å². The Labute approximate surface area is 165 Å². The Bertz CT molecular complexity index is 933. The van der Waals surface area contributed by atoms with Gasteiger partial charge in [-0.2, -0.15) is 0 Å². The van der Waals surface area contributed by atoms with Crippen LogP contribution in [0.1, 0.15) is 28.8 Å². The molecule has 0 atom stereocenters. The first-order valence-electron chi connectivity index (χ1n) is 9.04. The van der Waals surface area contributed by atoms with Crippen LogP contribution in [0.4, 0.5) is 10.7 Å². The number of nitrogens with zero attached hydrogens (tertiary/aromatic N) is 2. The van der Waals surface area contributed by atoms with E-state index in [0.29, 0.717) is 23.5 Å². The van der Waals surface area contributed by atoms with Crippen LogP contribution in [0.3, 0.4) is 0 Å². The van der Waals surface area contributed by atoms with Crippen molar-refractivity contribution in [1.29, 1.82) is 0 Å². The number of carbonyl (C=O) groups is 2. The lowest BCUT2D eigenvalue weighted by Gasteiger charge is -2.31. The average molecular weight is 401 g/mol. The van der Waals surface area contributed by atoms with Crippen molar-refractivity contribution in [2.75, 3.05) is 25.0 Å². The Kier molecular flexibility index (Phi) is 5.10. The maximum atomic E-state index is 12.9. The molecule has 2 aliphatic heterocycles. The van der Waals surface area contributed by atoms with Crippen LogP contribution in [0, 0.1) is 16.0 Å². The van der Waals surface area contributed by atoms with Gasteiger partial charge in [0.1, 0.15) is 5.75 Å². The molecule has 0 radical (unpaired) electrons. The zero-order chi connectivity index (χ0) is 19.7. The summed E-state index contributed by atoms with van der Waals surface area (Å²) in [5.41, 5.74) is 2.06. The molecule has 1 fully saturated rings. The lowest BCUT2D eigenvalue weighted by Crippen LogP contribution is -2.36. The molecule has 1 aromatic heterocycles. The number of rotatable bonds is 5. The van der Waals surface area contributed by atoms with Crippen LogP contribution in [0.5, 0.6) is 5.75 Å². The highest BCUT2D eigenvalue weighted by molar-refractivity contribution is 7.13. The number of anilines is 1. The van der Waals surface area contributed by atoms with Crippen LogP contribution in [0.2, 0.25) is 0 Å². The molecule has 2 aromatic rings. The summed E-state index contributed by atoms with van der Waals surface area (Å²) in [6.45, 7) is 2.19. The summed E-state index contributed by atoms with van der Waals surface area (Å²) in [5.74, 6) is 0.370. The molecule has 0 saturated carbocycles. The molecule has 0 aliphatic carbocycles. The van der Waals surface area contributed by atoms with Gasteiger partial charge >= 0.3 is 5.00 Å². The van der Waals surface area contributed by atoms with E-state index in [1.807, 2.05) is 5.38 Å². The minimum absolute atomic E-state index is 0.00790. The van der Waals surface area contributed by atoms with E-state index >= 15 is 0 Å². The Balaban J connectivity index is 1.35. The Hall–Kier alpha value is -2.78. The number of amides is 1. The third-order valence-corrected chi connectivity index (χ3v) is 6.01. The molecule has 2 aliphatic rings. The molecule has 28 heavy (non-hydrogen) atoms. The van der Waals surface area contributed by atoms with Gasteiger partial charge in [-0.05, 0) is 49.7 Å². The number of Topliss-reactive ketones (excluding diaryl/α,β-unsaturated/α-hetero) is 1. The van der Waals surface area contributed by atoms with Crippen LogP contribution < -0.4 is 10.1 Å². The normalized spacial score (nSPS) is 17.5. The number of nitro groups is 1. The van der Waals surface area contributed by atoms with Crippen molar-refractivity contribution in [2.24, 2.45) is 5.92 Å². The lowest BCUT2D eigenvalue weighted by atomic mass is 9.88. The van der Waals surface area contributed by atoms with Crippen LogP contribution in [0.25, 0.3) is 0 Å². The fourth-order valence-corrected chi connectivity index (χ4v) is 4.35. The van der Waals surface area contributed by atoms with Gasteiger partial charge in [-0.25, -0.2) is 0 Å². The van der Waals surface area contributed by atoms with Crippen LogP contribution >= 0.6 is 11.3 Å². The number of hydrogen-bond acceptors (Lipinski definition) is 7. The third kappa shape index (κ3) is 3.90. The summed E-state index contributed by atoms with van der Waals surface area (Å²) in [7, 11) is 0. The molecule has 0 unspecified atom stereocenters. The molecule has 0 spiro atoms. The number of benzene rings is 1. The van der Waals surface area contributed by atoms with Gasteiger partial charge in [0.15, 0.2) is 12.4 Å². The summed E-state index contributed by atoms with van der Waals surface area (Å²) in [4.78, 5) is 37.0. The van der Waals surface area contributed by atoms with Crippen LogP contribution in [-0.2, 0) is 11.3 Å². The zero-order valence-corrected chi connectivity index (χ0v) is 15.9. The van der Waals surface area contributed by atoms with Crippen molar-refractivity contribution in [3.8, 4) is 5.75 Å². The number of likely N-dealkylation sites (tertiary alicyclic amines) is 1. The number of fused-ring (bicyclic) bond motifs is 1. The van der Waals surface area contributed by atoms with E-state index in [-0.39, 0.29) is 34.1 Å². The van der Waals surface area contributed by atoms with Gasteiger partial charge in [-0.15, -0.1) is 0 Å². The number of nitrogens with one attached hydrogen (secondary N) is 1. The van der Waals surface area contributed by atoms with Gasteiger partial charge in [-0.3, -0.25) is 24.6 Å². The van der Waals surface area contributed by atoms with E-state index in [0.717, 1.165) is 42.8 Å². The van der Waals surface area contributed by atoms with Gasteiger partial charge in [0.2, 0.25) is 0 Å². The van der Waals surface area contributed by atoms with E-state index in [1.165, 1.54) is 0 Å². The van der Waals surface area contributed by atoms with E-state index in [1.54, 1.807) is 24.3 Å². The number of carbonyl (C=O) groups excluding carboxylic acids is 2. The smallest absolute Gasteiger partial charge is 0.324 e. The first-order chi connectivity index (χ1) is 13.5. The summed E-state index contributed by atoms with van der Waals surface area (Å²) in [5, 5.41) is 15.5. The quantitative estimate of drug-likeness (QED) is 0.469. The maximum Gasteiger partial charge on any atom is 0.324 e. The predicted molar refractivity (Wildman–Crippen MR) is 104 cm³/mol. The largest absolute Gasteiger partial charge is 0.482 e. The number of ketones is 1. The highest BCUT2D eigenvalue weighted by atomic mass is 32.1. The number of piperidine rings is 1. The van der Waals surface area contributed by atoms with Crippen molar-refractivity contribution < 1.29 is 19.2 Å². The predicted octanol–water partition coefficient (Wildman–Crippen LogP) is 3.08. The van der Waals surface area contributed by atoms with E-state index < -0.39 is 0 Å². The van der Waals surface area contributed by atoms with Crippen molar-refractivity contribution in [3.63, 3.8) is 0 Å². The standard InChI is InChI=1S/C19H19N3O5S/c23-17-10-27-16-2-1-14(8-15(16)20-17)19(24)13-3-5-21(6-4-13)9-12-7-18(22(25)26)28-11-12/h1-2,7-8,11,13H,3-6,9-10H2,(H,20,23). The minimum atomic E-state index is -0.370. The Morgan fingerprint density at radius 2 is 2.11 bits per heavy atom. The monoisotopic (exact) mass is 401 g/mol. The lowest BCUT2D eigenvalue weighted by molar-refractivity contribution is -0.380. The number of thiophene rings is 1. The molecule has 1 amide bonds. The summed E-state index contributed by atoms with van der Waals surface area (Å²) in [6, 6.07) is 6.77. The number of ether oxygens (including phenoxy) is 1. The van der Waals surface area contributed by atoms with Crippen molar-refractivity contribution in [3.05, 3.63) is 50.9 Å². The fraction of sp³-hybridized carbons (Fsp3) is 0.368. The molecule has 146 valence electrons. The second kappa shape index (κ2) is 7.69. The van der Waals surface area contributed by atoms with Crippen molar-refractivity contribution in [1.82, 2.24) is 4.90 Å². The molecule has 9 heteroatoms. The summed E-state index contributed by atoms with van der Waals surface area (Å²) in [6.07, 6.45) is 1.48. The molecule has 1 aromatic carbocycles. The van der Waals surface area contributed by atoms with Crippen molar-refractivity contribution >= 4 is 33.7 Å². The molecule has 4 rings (SSSR count). The molecule has 3 heterocycles. The van der Waals surface area contributed by atoms with Gasteiger partial charge in [0, 0.05) is 29.5 Å². The van der Waals surface area contributed by atoms with Crippen molar-refractivity contribution in [2.45, 2.75) is 19.4 Å². The molecule has 1 saturated heterocycles. The zero-order valence-electron chi connectivity index (χ0n) is 15.1. The van der Waals surface area contributed by atoms with Gasteiger partial charge in [0.05, 0.1) is 10.6 Å². The topological polar surface area (TPSA) is 102 Å². The van der Waals surface area contributed by atoms with Gasteiger partial charge in [-0.1, -0.05) is 11.3 Å². The Morgan fingerprint density at radius 1 is 1.32 bits per heavy atom. The first-order valence-corrected chi connectivity index (χ1v) is 9.92. The molecule has 8 nitrogen and oxygen atoms in total. The highest BCUT2D eigenvalue weighted by Gasteiger charge is 2.27. The molecular weight excluding hydrogens is 382 g/mol. The van der Waals surface area contributed by atoms with Crippen LogP contribution in [0.15, 0.2) is 29.6 Å². The maximum absolute atomic E-state index is 12.9. The molecule has 1 N–H and O–H groups in total. The van der Waals surface area contributed by atoms with E-state index in [4.69, 9.17) is 4.74 Å². The van der Waals surface area contributed by atoms with E-state index in [9.17, 15) is 19.7 Å². The molecular formula is C19H19N3O5S. The Morgan fingerprint density at radius 3 is 2.82 bits per heavy atom. The molecule has 0 bridgehead atoms. The highest BCUT2D eigenvalue weighted by Crippen LogP contribution is 2.31. The van der Waals surface area contributed by atoms with E-state index in [2.05, 4.69) is 10.2 Å². The summed E-state index contributed by atoms with van der Waals surface area (Å²) >= 11 is 1.14. The van der Waals surface area contributed by atoms with Gasteiger partial charge in [0.25, 0.3) is 5.91 Å². The SMILES string of the molecule is O=C1COc2ccc(C(=O)C3CCN(Cc4csc([N+](=O)[O-])c4)CC3)cc2N1. The number of hydrogen-bond donors (Lipinski definition) is 1. The second-order valence-corrected chi connectivity index (χ2v) is 7.90. The third-order valence-electron chi connectivity index (χ3n) is 5.08. The average Bonchev–Trinajstić information content (AvgIpc) is 3.16. The minimum Gasteiger partial charge on any atom is -0.482 e. The fourth-order valence-electron chi connectivity index (χ4n) is 3.62. The summed E-state index contributed by atoms with van der Waals surface area (Å²) < 4.78 is 5.33. The second-order valence-electron chi connectivity index (χ2n) is 7.01.